The van der Waals surface area contributed by atoms with Gasteiger partial charge in [0.05, 0.1) is 25.4 Å². The minimum Gasteiger partial charge on any atom is -0.466 e. The largest absolute Gasteiger partial charge is 0.466 e. The second-order valence-electron chi connectivity index (χ2n) is 21.0. The van der Waals surface area contributed by atoms with Crippen molar-refractivity contribution in [2.45, 2.75) is 353 Å². The molecule has 0 aromatic heterocycles. The Kier molecular flexibility index (Phi) is 56.0. The molecule has 1 amide bonds. The summed E-state index contributed by atoms with van der Waals surface area (Å²) in [6.45, 7) is 4.91. The zero-order chi connectivity index (χ0) is 48.6. The summed E-state index contributed by atoms with van der Waals surface area (Å²) in [4.78, 5) is 24.5. The van der Waals surface area contributed by atoms with Gasteiger partial charge in [0.25, 0.3) is 0 Å². The molecule has 0 saturated heterocycles. The molecule has 0 aliphatic rings. The van der Waals surface area contributed by atoms with E-state index in [0.29, 0.717) is 19.4 Å². The third-order valence-electron chi connectivity index (χ3n) is 14.3. The van der Waals surface area contributed by atoms with Crippen molar-refractivity contribution in [2.75, 3.05) is 13.2 Å². The van der Waals surface area contributed by atoms with Crippen molar-refractivity contribution >= 4 is 11.9 Å². The molecule has 0 aliphatic heterocycles. The minimum atomic E-state index is -0.840. The molecule has 0 bridgehead atoms. The number of allylic oxidation sites excluding steroid dienone is 1. The van der Waals surface area contributed by atoms with Gasteiger partial charge in [0.15, 0.2) is 0 Å². The summed E-state index contributed by atoms with van der Waals surface area (Å²) in [5.41, 5.74) is 0. The zero-order valence-corrected chi connectivity index (χ0v) is 45.4. The molecule has 0 radical (unpaired) electrons. The Bertz CT molecular complexity index is 1000. The molecular weight excluding hydrogens is 827 g/mol. The van der Waals surface area contributed by atoms with E-state index in [1.165, 1.54) is 276 Å². The quantitative estimate of drug-likeness (QED) is 0.0321. The Morgan fingerprint density at radius 2 is 0.687 bits per heavy atom. The van der Waals surface area contributed by atoms with E-state index in [-0.39, 0.29) is 18.5 Å². The highest BCUT2D eigenvalue weighted by molar-refractivity contribution is 5.76. The number of carbonyl (C=O) groups is 2. The summed E-state index contributed by atoms with van der Waals surface area (Å²) >= 11 is 0. The van der Waals surface area contributed by atoms with Crippen LogP contribution in [0.3, 0.4) is 0 Å². The lowest BCUT2D eigenvalue weighted by atomic mass is 10.0. The number of rotatable bonds is 57. The van der Waals surface area contributed by atoms with Gasteiger partial charge in [0.2, 0.25) is 5.91 Å². The Hall–Kier alpha value is -1.40. The third-order valence-corrected chi connectivity index (χ3v) is 14.3. The normalized spacial score (nSPS) is 12.6. The number of unbranched alkanes of at least 4 members (excludes halogenated alkanes) is 46. The smallest absolute Gasteiger partial charge is 0.305 e. The van der Waals surface area contributed by atoms with E-state index in [0.717, 1.165) is 38.5 Å². The van der Waals surface area contributed by atoms with Gasteiger partial charge < -0.3 is 20.3 Å². The van der Waals surface area contributed by atoms with Gasteiger partial charge in [0.1, 0.15) is 0 Å². The first-order valence-corrected chi connectivity index (χ1v) is 30.5. The Morgan fingerprint density at radius 1 is 0.403 bits per heavy atom. The lowest BCUT2D eigenvalue weighted by Gasteiger charge is -2.20. The van der Waals surface area contributed by atoms with Crippen molar-refractivity contribution in [3.63, 3.8) is 0 Å². The average Bonchev–Trinajstić information content (AvgIpc) is 3.33. The predicted octanol–water partition coefficient (Wildman–Crippen LogP) is 18.9. The standard InChI is InChI=1S/C61H119NO5/c1-3-5-7-9-11-13-15-16-31-35-39-43-47-51-55-61(66)67-56-52-48-44-40-36-32-29-27-25-23-21-19-17-18-20-22-24-26-28-30-34-38-42-46-50-54-60(65)62-58(57-63)59(64)53-49-45-41-37-33-14-12-10-8-6-4-2/h49,53,58-59,63-64H,3-48,50-52,54-57H2,1-2H3,(H,62,65)/b53-49+. The fraction of sp³-hybridized carbons (Fsp3) is 0.934. The van der Waals surface area contributed by atoms with Crippen LogP contribution in [0, 0.1) is 0 Å². The zero-order valence-electron chi connectivity index (χ0n) is 45.4. The van der Waals surface area contributed by atoms with Crippen LogP contribution in [-0.4, -0.2) is 47.4 Å². The van der Waals surface area contributed by atoms with E-state index < -0.39 is 12.1 Å². The Labute approximate surface area is 419 Å². The molecule has 0 aromatic carbocycles. The molecule has 6 heteroatoms. The van der Waals surface area contributed by atoms with Gasteiger partial charge in [0, 0.05) is 12.8 Å². The molecule has 2 atom stereocenters. The Balaban J connectivity index is 3.34. The summed E-state index contributed by atoms with van der Waals surface area (Å²) in [5, 5.41) is 23.0. The summed E-state index contributed by atoms with van der Waals surface area (Å²) < 4.78 is 5.49. The average molecular weight is 947 g/mol. The summed E-state index contributed by atoms with van der Waals surface area (Å²) in [5.74, 6) is -0.0475. The summed E-state index contributed by atoms with van der Waals surface area (Å²) in [6, 6.07) is -0.624. The number of aliphatic hydroxyl groups is 2. The van der Waals surface area contributed by atoms with Crippen LogP contribution in [0.1, 0.15) is 341 Å². The monoisotopic (exact) mass is 946 g/mol. The van der Waals surface area contributed by atoms with E-state index in [2.05, 4.69) is 19.2 Å². The van der Waals surface area contributed by atoms with Gasteiger partial charge in [-0.25, -0.2) is 0 Å². The van der Waals surface area contributed by atoms with Crippen LogP contribution in [0.15, 0.2) is 12.2 Å². The first-order chi connectivity index (χ1) is 33.0. The molecule has 0 spiro atoms. The molecule has 0 saturated carbocycles. The number of ether oxygens (including phenoxy) is 1. The van der Waals surface area contributed by atoms with Crippen LogP contribution in [0.2, 0.25) is 0 Å². The number of esters is 1. The molecule has 0 aromatic rings. The van der Waals surface area contributed by atoms with Crippen molar-refractivity contribution in [1.82, 2.24) is 5.32 Å². The van der Waals surface area contributed by atoms with E-state index in [9.17, 15) is 19.8 Å². The van der Waals surface area contributed by atoms with Gasteiger partial charge >= 0.3 is 5.97 Å². The maximum Gasteiger partial charge on any atom is 0.305 e. The van der Waals surface area contributed by atoms with Gasteiger partial charge in [-0.15, -0.1) is 0 Å². The number of nitrogens with one attached hydrogen (secondary N) is 1. The lowest BCUT2D eigenvalue weighted by Crippen LogP contribution is -2.45. The van der Waals surface area contributed by atoms with Crippen LogP contribution >= 0.6 is 0 Å². The van der Waals surface area contributed by atoms with E-state index in [1.54, 1.807) is 6.08 Å². The van der Waals surface area contributed by atoms with Crippen molar-refractivity contribution < 1.29 is 24.5 Å². The maximum absolute atomic E-state index is 12.4. The van der Waals surface area contributed by atoms with Crippen molar-refractivity contribution in [2.24, 2.45) is 0 Å². The number of hydrogen-bond acceptors (Lipinski definition) is 5. The maximum atomic E-state index is 12.4. The Morgan fingerprint density at radius 3 is 1.01 bits per heavy atom. The summed E-state index contributed by atoms with van der Waals surface area (Å²) in [6.07, 6.45) is 68.3. The van der Waals surface area contributed by atoms with Crippen LogP contribution < -0.4 is 5.32 Å². The van der Waals surface area contributed by atoms with Crippen LogP contribution in [-0.2, 0) is 14.3 Å². The van der Waals surface area contributed by atoms with E-state index in [4.69, 9.17) is 4.74 Å². The third kappa shape index (κ3) is 53.8. The fourth-order valence-electron chi connectivity index (χ4n) is 9.64. The van der Waals surface area contributed by atoms with Gasteiger partial charge in [-0.3, -0.25) is 9.59 Å². The molecule has 0 heterocycles. The minimum absolute atomic E-state index is 0.0186. The molecule has 3 N–H and O–H groups in total. The fourth-order valence-corrected chi connectivity index (χ4v) is 9.64. The molecule has 398 valence electrons. The van der Waals surface area contributed by atoms with Gasteiger partial charge in [-0.1, -0.05) is 309 Å². The van der Waals surface area contributed by atoms with Crippen molar-refractivity contribution in [1.29, 1.82) is 0 Å². The summed E-state index contributed by atoms with van der Waals surface area (Å²) in [7, 11) is 0. The van der Waals surface area contributed by atoms with Crippen LogP contribution in [0.4, 0.5) is 0 Å². The van der Waals surface area contributed by atoms with Crippen LogP contribution in [0.25, 0.3) is 0 Å². The van der Waals surface area contributed by atoms with Gasteiger partial charge in [-0.2, -0.15) is 0 Å². The topological polar surface area (TPSA) is 95.9 Å². The molecule has 6 nitrogen and oxygen atoms in total. The second-order valence-corrected chi connectivity index (χ2v) is 21.0. The highest BCUT2D eigenvalue weighted by Crippen LogP contribution is 2.18. The van der Waals surface area contributed by atoms with E-state index in [1.807, 2.05) is 6.08 Å². The molecular formula is C61H119NO5. The molecule has 0 aliphatic carbocycles. The number of aliphatic hydroxyl groups excluding tert-OH is 2. The second kappa shape index (κ2) is 57.2. The number of hydrogen-bond donors (Lipinski definition) is 3. The van der Waals surface area contributed by atoms with Crippen molar-refractivity contribution in [3.05, 3.63) is 12.2 Å². The van der Waals surface area contributed by atoms with Crippen LogP contribution in [0.5, 0.6) is 0 Å². The molecule has 67 heavy (non-hydrogen) atoms. The molecule has 2 unspecified atom stereocenters. The highest BCUT2D eigenvalue weighted by atomic mass is 16.5. The van der Waals surface area contributed by atoms with E-state index >= 15 is 0 Å². The highest BCUT2D eigenvalue weighted by Gasteiger charge is 2.18. The first kappa shape index (κ1) is 65.6. The van der Waals surface area contributed by atoms with Crippen molar-refractivity contribution in [3.8, 4) is 0 Å². The molecule has 0 rings (SSSR count). The first-order valence-electron chi connectivity index (χ1n) is 30.5. The SMILES string of the molecule is CCCCCCCCCCC/C=C/C(O)C(CO)NC(=O)CCCCCCCCCCCCCCCCCCCCCCCCCCCOC(=O)CCCCCCCCCCCCCCCC. The lowest BCUT2D eigenvalue weighted by molar-refractivity contribution is -0.143. The molecule has 0 fully saturated rings. The van der Waals surface area contributed by atoms with Gasteiger partial charge in [-0.05, 0) is 32.1 Å². The predicted molar refractivity (Wildman–Crippen MR) is 292 cm³/mol. The number of amides is 1. The number of carbonyl (C=O) groups excluding carboxylic acids is 2.